The quantitative estimate of drug-likeness (QED) is 0.0275. The average Bonchev–Trinajstić information content (AvgIpc) is 3.27. The van der Waals surface area contributed by atoms with Crippen LogP contribution in [0.2, 0.25) is 0 Å². The molecule has 0 rings (SSSR count). The Kier molecular flexibility index (Phi) is 43.1. The molecular weight excluding hydrogens is 803 g/mol. The van der Waals surface area contributed by atoms with Crippen molar-refractivity contribution in [1.82, 2.24) is 4.90 Å². The molecular formula is C55H99NO8. The molecule has 0 aromatic rings. The van der Waals surface area contributed by atoms with E-state index in [0.717, 1.165) is 122 Å². The van der Waals surface area contributed by atoms with Crippen LogP contribution in [0.3, 0.4) is 0 Å². The van der Waals surface area contributed by atoms with Crippen LogP contribution in [0.15, 0.2) is 36.5 Å². The fourth-order valence-electron chi connectivity index (χ4n) is 7.76. The Hall–Kier alpha value is -2.94. The van der Waals surface area contributed by atoms with Gasteiger partial charge in [0.05, 0.1) is 11.3 Å². The molecule has 0 aliphatic heterocycles. The van der Waals surface area contributed by atoms with Gasteiger partial charge in [0, 0.05) is 19.3 Å². The van der Waals surface area contributed by atoms with Gasteiger partial charge >= 0.3 is 23.9 Å². The third-order valence-electron chi connectivity index (χ3n) is 12.0. The van der Waals surface area contributed by atoms with Gasteiger partial charge in [0.2, 0.25) is 0 Å². The minimum Gasteiger partial charge on any atom is -0.481 e. The summed E-state index contributed by atoms with van der Waals surface area (Å²) >= 11 is 0. The highest BCUT2D eigenvalue weighted by Crippen LogP contribution is 2.33. The Morgan fingerprint density at radius 1 is 0.453 bits per heavy atom. The van der Waals surface area contributed by atoms with Gasteiger partial charge in [-0.05, 0) is 117 Å². The number of hydrogen-bond donors (Lipinski definition) is 1. The summed E-state index contributed by atoms with van der Waals surface area (Å²) in [6, 6.07) is 0. The molecule has 0 saturated carbocycles. The van der Waals surface area contributed by atoms with Crippen LogP contribution in [-0.2, 0) is 33.4 Å². The third kappa shape index (κ3) is 40.6. The Balaban J connectivity index is 5.67. The molecule has 372 valence electrons. The standard InChI is InChI=1S/C55H99NO8/c1-6-9-12-15-18-21-24-27-28-31-34-37-41-50(54(60)61)46-55(49-64-53(59)44-40-45-56(4)5,47-62-51(57)42-38-35-32-29-25-22-19-16-13-10-7-2)48-63-52(58)43-39-36-33-30-26-23-20-17-14-11-8-3/h16-17,19-21,24,50H,6-15,18,22-23,25-49H2,1-5H3,(H,60,61)/b19-16-,20-17-,24-21-. The van der Waals surface area contributed by atoms with E-state index in [9.17, 15) is 24.3 Å². The lowest BCUT2D eigenvalue weighted by molar-refractivity contribution is -0.165. The summed E-state index contributed by atoms with van der Waals surface area (Å²) in [6.45, 7) is 6.80. The zero-order valence-electron chi connectivity index (χ0n) is 42.2. The molecule has 9 nitrogen and oxygen atoms in total. The number of carbonyl (C=O) groups excluding carboxylic acids is 3. The minimum absolute atomic E-state index is 0.0639. The monoisotopic (exact) mass is 902 g/mol. The van der Waals surface area contributed by atoms with E-state index in [2.05, 4.69) is 57.2 Å². The number of carboxylic acids is 1. The van der Waals surface area contributed by atoms with E-state index in [-0.39, 0.29) is 57.4 Å². The van der Waals surface area contributed by atoms with E-state index in [1.807, 2.05) is 19.0 Å². The van der Waals surface area contributed by atoms with E-state index in [1.54, 1.807) is 0 Å². The number of hydrogen-bond acceptors (Lipinski definition) is 8. The summed E-state index contributed by atoms with van der Waals surface area (Å²) in [6.07, 6.45) is 45.7. The largest absolute Gasteiger partial charge is 0.481 e. The molecule has 9 heteroatoms. The zero-order chi connectivity index (χ0) is 47.2. The lowest BCUT2D eigenvalue weighted by Gasteiger charge is -2.34. The Labute approximate surface area is 393 Å². The van der Waals surface area contributed by atoms with Crippen LogP contribution in [0.25, 0.3) is 0 Å². The van der Waals surface area contributed by atoms with Gasteiger partial charge in [-0.3, -0.25) is 19.2 Å². The van der Waals surface area contributed by atoms with E-state index < -0.39 is 23.3 Å². The number of ether oxygens (including phenoxy) is 3. The van der Waals surface area contributed by atoms with Crippen LogP contribution in [0, 0.1) is 11.3 Å². The third-order valence-corrected chi connectivity index (χ3v) is 12.0. The average molecular weight is 902 g/mol. The van der Waals surface area contributed by atoms with Crippen LogP contribution in [-0.4, -0.2) is 74.3 Å². The van der Waals surface area contributed by atoms with Crippen molar-refractivity contribution in [2.24, 2.45) is 11.3 Å². The topological polar surface area (TPSA) is 119 Å². The molecule has 0 spiro atoms. The van der Waals surface area contributed by atoms with Crippen molar-refractivity contribution >= 4 is 23.9 Å². The zero-order valence-corrected chi connectivity index (χ0v) is 42.2. The number of unbranched alkanes of at least 4 members (excludes halogenated alkanes) is 22. The highest BCUT2D eigenvalue weighted by atomic mass is 16.6. The molecule has 0 amide bonds. The Bertz CT molecular complexity index is 1160. The first-order valence-electron chi connectivity index (χ1n) is 26.4. The smallest absolute Gasteiger partial charge is 0.306 e. The molecule has 0 aliphatic rings. The Morgan fingerprint density at radius 2 is 0.781 bits per heavy atom. The van der Waals surface area contributed by atoms with Crippen molar-refractivity contribution < 1.29 is 38.5 Å². The second kappa shape index (κ2) is 45.2. The molecule has 0 radical (unpaired) electrons. The van der Waals surface area contributed by atoms with Gasteiger partial charge in [0.15, 0.2) is 0 Å². The first-order valence-corrected chi connectivity index (χ1v) is 26.4. The fraction of sp³-hybridized carbons (Fsp3) is 0.818. The molecule has 0 aliphatic carbocycles. The van der Waals surface area contributed by atoms with Gasteiger partial charge in [0.25, 0.3) is 0 Å². The van der Waals surface area contributed by atoms with E-state index >= 15 is 0 Å². The summed E-state index contributed by atoms with van der Waals surface area (Å²) in [5, 5.41) is 10.5. The lowest BCUT2D eigenvalue weighted by Crippen LogP contribution is -2.42. The normalized spacial score (nSPS) is 12.5. The summed E-state index contributed by atoms with van der Waals surface area (Å²) in [4.78, 5) is 54.3. The van der Waals surface area contributed by atoms with Gasteiger partial charge < -0.3 is 24.2 Å². The molecule has 0 bridgehead atoms. The number of carboxylic acid groups (broad SMARTS) is 1. The summed E-state index contributed by atoms with van der Waals surface area (Å²) in [7, 11) is 3.89. The van der Waals surface area contributed by atoms with Crippen molar-refractivity contribution in [2.45, 2.75) is 239 Å². The molecule has 0 saturated heterocycles. The molecule has 64 heavy (non-hydrogen) atoms. The van der Waals surface area contributed by atoms with E-state index in [0.29, 0.717) is 25.7 Å². The van der Waals surface area contributed by atoms with Crippen molar-refractivity contribution in [3.05, 3.63) is 36.5 Å². The summed E-state index contributed by atoms with van der Waals surface area (Å²) < 4.78 is 17.7. The summed E-state index contributed by atoms with van der Waals surface area (Å²) in [5.41, 5.74) is -1.19. The van der Waals surface area contributed by atoms with Crippen LogP contribution < -0.4 is 0 Å². The molecule has 0 aromatic carbocycles. The number of nitrogens with zero attached hydrogens (tertiary/aromatic N) is 1. The SMILES string of the molecule is CCCC/C=C\CCCCCCCC(=O)OCC(COC(=O)CCCCCCC/C=C\CCCC)(COC(=O)CCCN(C)C)CC(CCCCCC/C=C\CCCCCC)C(=O)O. The first kappa shape index (κ1) is 61.1. The van der Waals surface area contributed by atoms with Crippen molar-refractivity contribution in [1.29, 1.82) is 0 Å². The van der Waals surface area contributed by atoms with Crippen LogP contribution >= 0.6 is 0 Å². The number of aliphatic carboxylic acids is 1. The summed E-state index contributed by atoms with van der Waals surface area (Å²) in [5.74, 6) is -2.87. The minimum atomic E-state index is -1.19. The number of carbonyl (C=O) groups is 4. The maximum Gasteiger partial charge on any atom is 0.306 e. The predicted molar refractivity (Wildman–Crippen MR) is 266 cm³/mol. The van der Waals surface area contributed by atoms with Gasteiger partial charge in [0.1, 0.15) is 19.8 Å². The van der Waals surface area contributed by atoms with Crippen molar-refractivity contribution in [2.75, 3.05) is 40.5 Å². The van der Waals surface area contributed by atoms with Gasteiger partial charge in [-0.25, -0.2) is 0 Å². The molecule has 0 aromatic heterocycles. The highest BCUT2D eigenvalue weighted by Gasteiger charge is 2.40. The first-order chi connectivity index (χ1) is 31.1. The molecule has 1 N–H and O–H groups in total. The number of allylic oxidation sites excluding steroid dienone is 6. The van der Waals surface area contributed by atoms with Crippen molar-refractivity contribution in [3.63, 3.8) is 0 Å². The molecule has 1 atom stereocenters. The molecule has 0 heterocycles. The lowest BCUT2D eigenvalue weighted by atomic mass is 9.79. The van der Waals surface area contributed by atoms with Crippen molar-refractivity contribution in [3.8, 4) is 0 Å². The van der Waals surface area contributed by atoms with Crippen LogP contribution in [0.4, 0.5) is 0 Å². The number of esters is 3. The second-order valence-corrected chi connectivity index (χ2v) is 18.8. The molecule has 1 unspecified atom stereocenters. The van der Waals surface area contributed by atoms with Gasteiger partial charge in [-0.2, -0.15) is 0 Å². The van der Waals surface area contributed by atoms with E-state index in [1.165, 1.54) is 51.4 Å². The van der Waals surface area contributed by atoms with Gasteiger partial charge in [-0.1, -0.05) is 160 Å². The Morgan fingerprint density at radius 3 is 1.16 bits per heavy atom. The predicted octanol–water partition coefficient (Wildman–Crippen LogP) is 14.9. The second-order valence-electron chi connectivity index (χ2n) is 18.8. The maximum atomic E-state index is 13.2. The van der Waals surface area contributed by atoms with Gasteiger partial charge in [-0.15, -0.1) is 0 Å². The van der Waals surface area contributed by atoms with E-state index in [4.69, 9.17) is 14.2 Å². The fourth-order valence-corrected chi connectivity index (χ4v) is 7.76. The number of rotatable bonds is 47. The van der Waals surface area contributed by atoms with Crippen LogP contribution in [0.5, 0.6) is 0 Å². The maximum absolute atomic E-state index is 13.2. The van der Waals surface area contributed by atoms with Crippen LogP contribution in [0.1, 0.15) is 239 Å². The highest BCUT2D eigenvalue weighted by molar-refractivity contribution is 5.71. The molecule has 0 fully saturated rings.